The summed E-state index contributed by atoms with van der Waals surface area (Å²) in [7, 11) is 0. The Hall–Kier alpha value is -0.570. The highest BCUT2D eigenvalue weighted by atomic mass is 16.5. The molecule has 0 spiro atoms. The molecule has 1 N–H and O–H groups in total. The summed E-state index contributed by atoms with van der Waals surface area (Å²) < 4.78 is 5.03. The molecule has 156 valence electrons. The van der Waals surface area contributed by atoms with E-state index in [1.807, 2.05) is 0 Å². The van der Waals surface area contributed by atoms with Gasteiger partial charge < -0.3 is 9.84 Å². The van der Waals surface area contributed by atoms with Gasteiger partial charge in [-0.1, -0.05) is 122 Å². The lowest BCUT2D eigenvalue weighted by Gasteiger charge is -2.04. The van der Waals surface area contributed by atoms with Crippen LogP contribution in [0.2, 0.25) is 0 Å². The Morgan fingerprint density at radius 1 is 0.577 bits per heavy atom. The van der Waals surface area contributed by atoms with E-state index >= 15 is 0 Å². The van der Waals surface area contributed by atoms with E-state index in [0.717, 1.165) is 12.8 Å². The highest BCUT2D eigenvalue weighted by molar-refractivity contribution is 5.67. The first-order chi connectivity index (χ1) is 12.8. The Labute approximate surface area is 163 Å². The standard InChI is InChI=1S/C23H46O3/c1-2-3-4-5-6-7-8-9-10-11-12-13-14-15-16-17-18-19-20-21-26-22-23(24)25/h2-22H2,1H3,(H,24,25). The predicted molar refractivity (Wildman–Crippen MR) is 112 cm³/mol. The van der Waals surface area contributed by atoms with Crippen LogP contribution in [0.25, 0.3) is 0 Å². The molecule has 0 amide bonds. The van der Waals surface area contributed by atoms with Crippen molar-refractivity contribution in [2.24, 2.45) is 0 Å². The number of ether oxygens (including phenoxy) is 1. The average molecular weight is 371 g/mol. The Morgan fingerprint density at radius 3 is 1.19 bits per heavy atom. The summed E-state index contributed by atoms with van der Waals surface area (Å²) in [5.41, 5.74) is 0. The molecule has 0 saturated heterocycles. The third-order valence-corrected chi connectivity index (χ3v) is 5.12. The average Bonchev–Trinajstić information content (AvgIpc) is 2.62. The molecule has 0 bridgehead atoms. The van der Waals surface area contributed by atoms with Crippen molar-refractivity contribution >= 4 is 5.97 Å². The van der Waals surface area contributed by atoms with Gasteiger partial charge in [-0.15, -0.1) is 0 Å². The Morgan fingerprint density at radius 2 is 0.885 bits per heavy atom. The van der Waals surface area contributed by atoms with Crippen molar-refractivity contribution < 1.29 is 14.6 Å². The minimum Gasteiger partial charge on any atom is -0.480 e. The lowest BCUT2D eigenvalue weighted by Crippen LogP contribution is -2.07. The van der Waals surface area contributed by atoms with Crippen LogP contribution in [-0.4, -0.2) is 24.3 Å². The molecule has 0 aliphatic carbocycles. The second-order valence-corrected chi connectivity index (χ2v) is 7.81. The number of unbranched alkanes of at least 4 members (excludes halogenated alkanes) is 18. The van der Waals surface area contributed by atoms with Crippen LogP contribution in [0.3, 0.4) is 0 Å². The quantitative estimate of drug-likeness (QED) is 0.200. The zero-order chi connectivity index (χ0) is 19.1. The predicted octanol–water partition coefficient (Wildman–Crippen LogP) is 7.52. The van der Waals surface area contributed by atoms with Gasteiger partial charge in [0, 0.05) is 6.61 Å². The van der Waals surface area contributed by atoms with Crippen molar-refractivity contribution in [1.29, 1.82) is 0 Å². The maximum atomic E-state index is 10.3. The lowest BCUT2D eigenvalue weighted by molar-refractivity contribution is -0.142. The van der Waals surface area contributed by atoms with Crippen LogP contribution in [0, 0.1) is 0 Å². The van der Waals surface area contributed by atoms with E-state index in [0.29, 0.717) is 6.61 Å². The van der Waals surface area contributed by atoms with E-state index < -0.39 is 5.97 Å². The van der Waals surface area contributed by atoms with Crippen molar-refractivity contribution in [2.45, 2.75) is 129 Å². The first-order valence-corrected chi connectivity index (χ1v) is 11.6. The topological polar surface area (TPSA) is 46.5 Å². The van der Waals surface area contributed by atoms with Crippen molar-refractivity contribution in [1.82, 2.24) is 0 Å². The maximum absolute atomic E-state index is 10.3. The summed E-state index contributed by atoms with van der Waals surface area (Å²) >= 11 is 0. The number of hydrogen-bond donors (Lipinski definition) is 1. The summed E-state index contributed by atoms with van der Waals surface area (Å²) in [5, 5.41) is 8.45. The molecular weight excluding hydrogens is 324 g/mol. The van der Waals surface area contributed by atoms with E-state index in [-0.39, 0.29) is 6.61 Å². The number of carboxylic acids is 1. The normalized spacial score (nSPS) is 11.1. The molecule has 0 aromatic carbocycles. The zero-order valence-corrected chi connectivity index (χ0v) is 17.6. The Balaban J connectivity index is 2.98. The lowest BCUT2D eigenvalue weighted by atomic mass is 10.0. The molecule has 0 aromatic rings. The van der Waals surface area contributed by atoms with E-state index in [4.69, 9.17) is 9.84 Å². The largest absolute Gasteiger partial charge is 0.480 e. The van der Waals surface area contributed by atoms with Crippen molar-refractivity contribution in [2.75, 3.05) is 13.2 Å². The molecule has 3 heteroatoms. The molecule has 0 radical (unpaired) electrons. The van der Waals surface area contributed by atoms with Gasteiger partial charge in [-0.2, -0.15) is 0 Å². The van der Waals surface area contributed by atoms with Gasteiger partial charge in [0.2, 0.25) is 0 Å². The van der Waals surface area contributed by atoms with Gasteiger partial charge >= 0.3 is 5.97 Å². The van der Waals surface area contributed by atoms with Crippen LogP contribution in [-0.2, 0) is 9.53 Å². The second kappa shape index (κ2) is 22.5. The van der Waals surface area contributed by atoms with E-state index in [1.165, 1.54) is 109 Å². The Kier molecular flexibility index (Phi) is 22.0. The number of hydrogen-bond acceptors (Lipinski definition) is 2. The summed E-state index contributed by atoms with van der Waals surface area (Å²) in [5.74, 6) is -0.872. The molecule has 0 heterocycles. The van der Waals surface area contributed by atoms with Crippen molar-refractivity contribution in [3.63, 3.8) is 0 Å². The molecule has 0 unspecified atom stereocenters. The molecular formula is C23H46O3. The van der Waals surface area contributed by atoms with Gasteiger partial charge in [-0.25, -0.2) is 4.79 Å². The monoisotopic (exact) mass is 370 g/mol. The molecule has 0 rings (SSSR count). The van der Waals surface area contributed by atoms with Crippen LogP contribution in [0.4, 0.5) is 0 Å². The van der Waals surface area contributed by atoms with E-state index in [1.54, 1.807) is 0 Å². The number of aliphatic carboxylic acids is 1. The smallest absolute Gasteiger partial charge is 0.329 e. The van der Waals surface area contributed by atoms with Crippen molar-refractivity contribution in [3.05, 3.63) is 0 Å². The molecule has 0 aliphatic rings. The van der Waals surface area contributed by atoms with Crippen LogP contribution in [0.15, 0.2) is 0 Å². The van der Waals surface area contributed by atoms with Gasteiger partial charge in [-0.05, 0) is 6.42 Å². The molecule has 0 aliphatic heterocycles. The molecule has 0 aromatic heterocycles. The van der Waals surface area contributed by atoms with Gasteiger partial charge in [0.25, 0.3) is 0 Å². The molecule has 3 nitrogen and oxygen atoms in total. The first-order valence-electron chi connectivity index (χ1n) is 11.6. The minimum atomic E-state index is -0.872. The zero-order valence-electron chi connectivity index (χ0n) is 17.6. The third-order valence-electron chi connectivity index (χ3n) is 5.12. The summed E-state index contributed by atoms with van der Waals surface area (Å²) in [6, 6.07) is 0. The number of carboxylic acid groups (broad SMARTS) is 1. The van der Waals surface area contributed by atoms with Crippen LogP contribution < -0.4 is 0 Å². The SMILES string of the molecule is CCCCCCCCCCCCCCCCCCCCCOCC(=O)O. The van der Waals surface area contributed by atoms with E-state index in [9.17, 15) is 4.79 Å². The number of carbonyl (C=O) groups is 1. The van der Waals surface area contributed by atoms with Gasteiger partial charge in [0.1, 0.15) is 6.61 Å². The molecule has 0 atom stereocenters. The minimum absolute atomic E-state index is 0.154. The Bertz CT molecular complexity index is 279. The van der Waals surface area contributed by atoms with Gasteiger partial charge in [-0.3, -0.25) is 0 Å². The van der Waals surface area contributed by atoms with Crippen LogP contribution >= 0.6 is 0 Å². The van der Waals surface area contributed by atoms with Crippen molar-refractivity contribution in [3.8, 4) is 0 Å². The fourth-order valence-electron chi connectivity index (χ4n) is 3.44. The second-order valence-electron chi connectivity index (χ2n) is 7.81. The summed E-state index contributed by atoms with van der Waals surface area (Å²) in [6.07, 6.45) is 26.1. The highest BCUT2D eigenvalue weighted by Gasteiger charge is 1.97. The molecule has 0 fully saturated rings. The number of rotatable bonds is 22. The summed E-state index contributed by atoms with van der Waals surface area (Å²) in [6.45, 7) is 2.72. The van der Waals surface area contributed by atoms with Gasteiger partial charge in [0.05, 0.1) is 0 Å². The van der Waals surface area contributed by atoms with Crippen LogP contribution in [0.1, 0.15) is 129 Å². The van der Waals surface area contributed by atoms with Crippen LogP contribution in [0.5, 0.6) is 0 Å². The molecule has 26 heavy (non-hydrogen) atoms. The fourth-order valence-corrected chi connectivity index (χ4v) is 3.44. The fraction of sp³-hybridized carbons (Fsp3) is 0.957. The first kappa shape index (κ1) is 25.4. The molecule has 0 saturated carbocycles. The maximum Gasteiger partial charge on any atom is 0.329 e. The third kappa shape index (κ3) is 23.4. The van der Waals surface area contributed by atoms with Gasteiger partial charge in [0.15, 0.2) is 0 Å². The van der Waals surface area contributed by atoms with E-state index in [2.05, 4.69) is 6.92 Å². The summed E-state index contributed by atoms with van der Waals surface area (Å²) in [4.78, 5) is 10.3. The highest BCUT2D eigenvalue weighted by Crippen LogP contribution is 2.14.